The normalized spacial score (nSPS) is 8.50. The van der Waals surface area contributed by atoms with Crippen LogP contribution in [-0.4, -0.2) is 10.9 Å². The van der Waals surface area contributed by atoms with E-state index in [0.29, 0.717) is 5.13 Å². The van der Waals surface area contributed by atoms with Crippen LogP contribution in [0.3, 0.4) is 0 Å². The van der Waals surface area contributed by atoms with E-state index in [1.807, 2.05) is 6.92 Å². The van der Waals surface area contributed by atoms with E-state index < -0.39 is 0 Å². The molecular weight excluding hydrogens is 240 g/mol. The van der Waals surface area contributed by atoms with Crippen molar-refractivity contribution in [3.8, 4) is 10.8 Å². The van der Waals surface area contributed by atoms with Crippen molar-refractivity contribution in [1.29, 1.82) is 0 Å². The lowest BCUT2D eigenvalue weighted by Crippen LogP contribution is -2.07. The zero-order chi connectivity index (χ0) is 8.97. The van der Waals surface area contributed by atoms with Crippen molar-refractivity contribution in [1.82, 2.24) is 4.98 Å². The van der Waals surface area contributed by atoms with Crippen LogP contribution in [0.25, 0.3) is 0 Å². The predicted molar refractivity (Wildman–Crippen MR) is 52.2 cm³/mol. The maximum Gasteiger partial charge on any atom is 0.302 e. The smallest absolute Gasteiger partial charge is 0.291 e. The fourth-order valence-electron chi connectivity index (χ4n) is 0.584. The fraction of sp³-hybridized carbons (Fsp3) is 0.143. The van der Waals surface area contributed by atoms with Crippen molar-refractivity contribution in [2.24, 2.45) is 0 Å². The molecular formula is C7H5BrN2OS. The van der Waals surface area contributed by atoms with Gasteiger partial charge in [-0.3, -0.25) is 10.1 Å². The molecule has 0 saturated heterocycles. The van der Waals surface area contributed by atoms with Crippen LogP contribution >= 0.6 is 27.3 Å². The number of amides is 1. The second-order valence-corrected chi connectivity index (χ2v) is 3.58. The van der Waals surface area contributed by atoms with Gasteiger partial charge < -0.3 is 0 Å². The summed E-state index contributed by atoms with van der Waals surface area (Å²) in [6.45, 7) is 1.92. The summed E-state index contributed by atoms with van der Waals surface area (Å²) in [6.07, 6.45) is 1.70. The van der Waals surface area contributed by atoms with Gasteiger partial charge in [0.25, 0.3) is 0 Å². The fourth-order valence-corrected chi connectivity index (χ4v) is 1.42. The largest absolute Gasteiger partial charge is 0.302 e. The van der Waals surface area contributed by atoms with Gasteiger partial charge in [0, 0.05) is 32.9 Å². The first-order chi connectivity index (χ1) is 5.72. The minimum Gasteiger partial charge on any atom is -0.291 e. The maximum atomic E-state index is 10.9. The van der Waals surface area contributed by atoms with Gasteiger partial charge in [-0.1, -0.05) is 0 Å². The van der Waals surface area contributed by atoms with Gasteiger partial charge in [0.15, 0.2) is 5.13 Å². The SMILES string of the molecule is Cc1cnc(NC(=O)C#CBr)s1. The van der Waals surface area contributed by atoms with Crippen molar-refractivity contribution in [2.45, 2.75) is 6.92 Å². The van der Waals surface area contributed by atoms with Crippen molar-refractivity contribution < 1.29 is 4.79 Å². The summed E-state index contributed by atoms with van der Waals surface area (Å²) < 4.78 is 0. The second kappa shape index (κ2) is 4.24. The van der Waals surface area contributed by atoms with Crippen LogP contribution in [-0.2, 0) is 4.79 Å². The Hall–Kier alpha value is -0.860. The number of carbonyl (C=O) groups excluding carboxylic acids is 1. The third-order valence-electron chi connectivity index (χ3n) is 1.00. The van der Waals surface area contributed by atoms with E-state index >= 15 is 0 Å². The summed E-state index contributed by atoms with van der Waals surface area (Å²) in [5, 5.41) is 3.11. The van der Waals surface area contributed by atoms with Crippen LogP contribution in [0.4, 0.5) is 5.13 Å². The molecule has 1 amide bonds. The lowest BCUT2D eigenvalue weighted by atomic mass is 10.6. The molecule has 62 valence electrons. The average molecular weight is 245 g/mol. The van der Waals surface area contributed by atoms with E-state index in [-0.39, 0.29) is 5.91 Å². The van der Waals surface area contributed by atoms with Gasteiger partial charge in [-0.05, 0) is 11.8 Å². The summed E-state index contributed by atoms with van der Waals surface area (Å²) in [5.41, 5.74) is 0. The highest BCUT2D eigenvalue weighted by atomic mass is 79.9. The number of hydrogen-bond donors (Lipinski definition) is 1. The Morgan fingerprint density at radius 2 is 2.58 bits per heavy atom. The number of aromatic nitrogens is 1. The number of aryl methyl sites for hydroxylation is 1. The Morgan fingerprint density at radius 3 is 3.08 bits per heavy atom. The molecule has 0 aliphatic carbocycles. The second-order valence-electron chi connectivity index (χ2n) is 1.95. The van der Waals surface area contributed by atoms with Gasteiger partial charge in [0.2, 0.25) is 0 Å². The molecule has 0 aliphatic heterocycles. The molecule has 3 nitrogen and oxygen atoms in total. The Morgan fingerprint density at radius 1 is 1.83 bits per heavy atom. The standard InChI is InChI=1S/C7H5BrN2OS/c1-5-4-9-7(12-5)10-6(11)2-3-8/h4H,1H3,(H,9,10,11). The molecule has 1 aromatic heterocycles. The first kappa shape index (κ1) is 9.23. The van der Waals surface area contributed by atoms with Gasteiger partial charge in [0.1, 0.15) is 0 Å². The zero-order valence-electron chi connectivity index (χ0n) is 6.22. The highest BCUT2D eigenvalue weighted by Gasteiger charge is 2.00. The Balaban J connectivity index is 2.62. The highest BCUT2D eigenvalue weighted by molar-refractivity contribution is 9.12. The summed E-state index contributed by atoms with van der Waals surface area (Å²) in [7, 11) is 0. The van der Waals surface area contributed by atoms with Crippen LogP contribution in [0.15, 0.2) is 6.20 Å². The summed E-state index contributed by atoms with van der Waals surface area (Å²) in [6, 6.07) is 0. The van der Waals surface area contributed by atoms with E-state index in [0.717, 1.165) is 4.88 Å². The molecule has 0 bridgehead atoms. The Bertz CT molecular complexity index is 350. The molecule has 0 radical (unpaired) electrons. The topological polar surface area (TPSA) is 42.0 Å². The van der Waals surface area contributed by atoms with Gasteiger partial charge in [0.05, 0.1) is 0 Å². The van der Waals surface area contributed by atoms with Crippen LogP contribution < -0.4 is 5.32 Å². The van der Waals surface area contributed by atoms with Crippen molar-refractivity contribution in [3.05, 3.63) is 11.1 Å². The van der Waals surface area contributed by atoms with E-state index in [1.54, 1.807) is 6.20 Å². The van der Waals surface area contributed by atoms with Crippen LogP contribution in [0.5, 0.6) is 0 Å². The molecule has 12 heavy (non-hydrogen) atoms. The number of nitrogens with one attached hydrogen (secondary N) is 1. The molecule has 0 spiro atoms. The highest BCUT2D eigenvalue weighted by Crippen LogP contribution is 2.15. The molecule has 1 aromatic rings. The number of hydrogen-bond acceptors (Lipinski definition) is 3. The van der Waals surface area contributed by atoms with E-state index in [2.05, 4.69) is 37.0 Å². The van der Waals surface area contributed by atoms with Crippen LogP contribution in [0.1, 0.15) is 4.88 Å². The van der Waals surface area contributed by atoms with Gasteiger partial charge in [-0.15, -0.1) is 11.3 Å². The third-order valence-corrected chi connectivity index (χ3v) is 2.03. The molecule has 5 heteroatoms. The summed E-state index contributed by atoms with van der Waals surface area (Å²) in [4.78, 5) is 18.2. The molecule has 1 rings (SSSR count). The Labute approximate surface area is 82.3 Å². The quantitative estimate of drug-likeness (QED) is 0.766. The summed E-state index contributed by atoms with van der Waals surface area (Å²) in [5.74, 6) is 1.93. The minimum atomic E-state index is -0.360. The number of halogens is 1. The lowest BCUT2D eigenvalue weighted by Gasteiger charge is -1.90. The van der Waals surface area contributed by atoms with E-state index in [9.17, 15) is 4.79 Å². The average Bonchev–Trinajstić information content (AvgIpc) is 2.36. The monoisotopic (exact) mass is 244 g/mol. The van der Waals surface area contributed by atoms with E-state index in [1.165, 1.54) is 11.3 Å². The molecule has 0 saturated carbocycles. The molecule has 0 unspecified atom stereocenters. The van der Waals surface area contributed by atoms with Crippen molar-refractivity contribution in [3.63, 3.8) is 0 Å². The molecule has 1 N–H and O–H groups in total. The zero-order valence-corrected chi connectivity index (χ0v) is 8.62. The molecule has 1 heterocycles. The minimum absolute atomic E-state index is 0.360. The number of carbonyl (C=O) groups is 1. The van der Waals surface area contributed by atoms with Gasteiger partial charge in [-0.2, -0.15) is 0 Å². The number of anilines is 1. The first-order valence-corrected chi connectivity index (χ1v) is 4.68. The molecule has 0 fully saturated rings. The molecule has 0 atom stereocenters. The predicted octanol–water partition coefficient (Wildman–Crippen LogP) is 1.75. The van der Waals surface area contributed by atoms with Crippen molar-refractivity contribution >= 4 is 38.3 Å². The third kappa shape index (κ3) is 2.64. The number of nitrogens with zero attached hydrogens (tertiary/aromatic N) is 1. The van der Waals surface area contributed by atoms with Gasteiger partial charge >= 0.3 is 5.91 Å². The van der Waals surface area contributed by atoms with Gasteiger partial charge in [-0.25, -0.2) is 4.98 Å². The maximum absolute atomic E-state index is 10.9. The lowest BCUT2D eigenvalue weighted by molar-refractivity contribution is -0.111. The first-order valence-electron chi connectivity index (χ1n) is 3.07. The Kier molecular flexibility index (Phi) is 3.26. The number of thiazole rings is 1. The van der Waals surface area contributed by atoms with E-state index in [4.69, 9.17) is 0 Å². The molecule has 0 aromatic carbocycles. The van der Waals surface area contributed by atoms with Crippen LogP contribution in [0, 0.1) is 17.7 Å². The number of rotatable bonds is 1. The van der Waals surface area contributed by atoms with Crippen LogP contribution in [0.2, 0.25) is 0 Å². The van der Waals surface area contributed by atoms with Crippen molar-refractivity contribution in [2.75, 3.05) is 5.32 Å². The summed E-state index contributed by atoms with van der Waals surface area (Å²) >= 11 is 4.25. The molecule has 0 aliphatic rings.